The van der Waals surface area contributed by atoms with Gasteiger partial charge in [-0.05, 0) is 11.1 Å². The van der Waals surface area contributed by atoms with Gasteiger partial charge in [-0.25, -0.2) is 0 Å². The van der Waals surface area contributed by atoms with Crippen molar-refractivity contribution < 1.29 is 0 Å². The lowest BCUT2D eigenvalue weighted by atomic mass is 10.1. The molecule has 0 aliphatic rings. The molecule has 1 aromatic rings. The fraction of sp³-hybridized carbons (Fsp3) is 0.385. The van der Waals surface area contributed by atoms with Crippen molar-refractivity contribution in [2.75, 3.05) is 0 Å². The van der Waals surface area contributed by atoms with E-state index in [0.29, 0.717) is 5.88 Å². The largest absolute Gasteiger partial charge is 0.197 e. The van der Waals surface area contributed by atoms with Crippen LogP contribution in [-0.2, 0) is 5.88 Å². The van der Waals surface area contributed by atoms with E-state index in [1.165, 1.54) is 12.8 Å². The molecule has 0 heterocycles. The molecule has 0 aliphatic heterocycles. The van der Waals surface area contributed by atoms with Crippen molar-refractivity contribution in [3.05, 3.63) is 42.0 Å². The number of alkyl halides is 1. The van der Waals surface area contributed by atoms with Crippen LogP contribution in [-0.4, -0.2) is 0 Å². The molecule has 1 rings (SSSR count). The second-order valence-corrected chi connectivity index (χ2v) is 3.30. The molecule has 0 nitrogen and oxygen atoms in total. The summed E-state index contributed by atoms with van der Waals surface area (Å²) in [5.41, 5.74) is 2.26. The molecule has 15 heavy (non-hydrogen) atoms. The van der Waals surface area contributed by atoms with Crippen molar-refractivity contribution >= 4 is 31.2 Å². The fourth-order valence-electron chi connectivity index (χ4n) is 0.855. The minimum atomic E-state index is 0. The summed E-state index contributed by atoms with van der Waals surface area (Å²) in [5.74, 6) is 0.558. The van der Waals surface area contributed by atoms with Crippen LogP contribution in [0.3, 0.4) is 0 Å². The maximum Gasteiger partial charge on any atom is 0.0479 e. The Morgan fingerprint density at radius 3 is 2.07 bits per heavy atom. The summed E-state index contributed by atoms with van der Waals surface area (Å²) in [5, 5.41) is 0. The zero-order chi connectivity index (χ0) is 10.8. The van der Waals surface area contributed by atoms with Gasteiger partial charge in [-0.2, -0.15) is 13.5 Å². The van der Waals surface area contributed by atoms with Crippen LogP contribution in [0.4, 0.5) is 0 Å². The number of halogens is 1. The van der Waals surface area contributed by atoms with Gasteiger partial charge in [0, 0.05) is 5.88 Å². The first kappa shape index (κ1) is 17.0. The normalized spacial score (nSPS) is 8.20. The molecule has 0 bridgehead atoms. The smallest absolute Gasteiger partial charge is 0.0479 e. The zero-order valence-corrected chi connectivity index (χ0v) is 11.3. The van der Waals surface area contributed by atoms with Crippen LogP contribution >= 0.6 is 25.1 Å². The van der Waals surface area contributed by atoms with Gasteiger partial charge in [0.25, 0.3) is 0 Å². The van der Waals surface area contributed by atoms with Crippen molar-refractivity contribution in [3.63, 3.8) is 0 Å². The molecule has 2 heteroatoms. The minimum Gasteiger partial charge on any atom is -0.197 e. The Morgan fingerprint density at radius 1 is 1.20 bits per heavy atom. The first-order valence-corrected chi connectivity index (χ1v) is 5.59. The molecule has 0 atom stereocenters. The average Bonchev–Trinajstić information content (AvgIpc) is 2.29. The summed E-state index contributed by atoms with van der Waals surface area (Å²) in [6.07, 6.45) is 4.46. The highest BCUT2D eigenvalue weighted by molar-refractivity contribution is 7.59. The highest BCUT2D eigenvalue weighted by Gasteiger charge is 1.93. The van der Waals surface area contributed by atoms with E-state index in [0.717, 1.165) is 11.1 Å². The number of hydrogen-bond acceptors (Lipinski definition) is 0. The van der Waals surface area contributed by atoms with E-state index in [2.05, 4.69) is 20.4 Å². The van der Waals surface area contributed by atoms with Crippen molar-refractivity contribution in [2.24, 2.45) is 0 Å². The molecule has 0 saturated carbocycles. The molecule has 1 aromatic carbocycles. The number of rotatable bonds is 3. The van der Waals surface area contributed by atoms with Crippen LogP contribution in [0.1, 0.15) is 37.8 Å². The van der Waals surface area contributed by atoms with Crippen LogP contribution in [0, 0.1) is 0 Å². The molecule has 0 saturated heterocycles. The summed E-state index contributed by atoms with van der Waals surface area (Å²) in [4.78, 5) is 0. The minimum absolute atomic E-state index is 0. The fourth-order valence-corrected chi connectivity index (χ4v) is 1.10. The van der Waals surface area contributed by atoms with Gasteiger partial charge in [-0.15, -0.1) is 11.6 Å². The Kier molecular flexibility index (Phi) is 13.2. The Labute approximate surface area is 106 Å². The third-order valence-corrected chi connectivity index (χ3v) is 2.21. The summed E-state index contributed by atoms with van der Waals surface area (Å²) in [6, 6.07) is 7.96. The van der Waals surface area contributed by atoms with E-state index in [9.17, 15) is 0 Å². The maximum atomic E-state index is 5.66. The zero-order valence-electron chi connectivity index (χ0n) is 9.59. The third-order valence-electron chi connectivity index (χ3n) is 1.92. The van der Waals surface area contributed by atoms with Crippen molar-refractivity contribution in [1.82, 2.24) is 0 Å². The lowest BCUT2D eigenvalue weighted by Gasteiger charge is -1.98. The van der Waals surface area contributed by atoms with E-state index < -0.39 is 0 Å². The summed E-state index contributed by atoms with van der Waals surface area (Å²) >= 11 is 5.66. The predicted octanol–water partition coefficient (Wildman–Crippen LogP) is 4.99. The topological polar surface area (TPSA) is 0 Å². The average molecular weight is 245 g/mol. The van der Waals surface area contributed by atoms with Gasteiger partial charge in [-0.1, -0.05) is 63.6 Å². The molecule has 0 aromatic heterocycles. The van der Waals surface area contributed by atoms with Crippen molar-refractivity contribution in [2.45, 2.75) is 32.6 Å². The highest BCUT2D eigenvalue weighted by atomic mass is 35.5. The molecule has 86 valence electrons. The molecule has 0 aliphatic carbocycles. The van der Waals surface area contributed by atoms with Crippen LogP contribution in [0.25, 0.3) is 6.08 Å². The third kappa shape index (κ3) is 7.52. The van der Waals surface area contributed by atoms with Crippen LogP contribution in [0.5, 0.6) is 0 Å². The second-order valence-electron chi connectivity index (χ2n) is 3.04. The molecular weight excluding hydrogens is 224 g/mol. The summed E-state index contributed by atoms with van der Waals surface area (Å²) < 4.78 is 0. The quantitative estimate of drug-likeness (QED) is 0.658. The van der Waals surface area contributed by atoms with Gasteiger partial charge in [0.2, 0.25) is 0 Å². The van der Waals surface area contributed by atoms with Gasteiger partial charge >= 0.3 is 0 Å². The van der Waals surface area contributed by atoms with Crippen LogP contribution < -0.4 is 0 Å². The molecular formula is C13H21ClS. The van der Waals surface area contributed by atoms with Gasteiger partial charge < -0.3 is 0 Å². The molecule has 0 radical (unpaired) electrons. The number of benzene rings is 1. The lowest BCUT2D eigenvalue weighted by Crippen LogP contribution is -1.81. The molecule has 0 spiro atoms. The van der Waals surface area contributed by atoms with Crippen molar-refractivity contribution in [1.29, 1.82) is 0 Å². The van der Waals surface area contributed by atoms with E-state index in [4.69, 9.17) is 11.6 Å². The predicted molar refractivity (Wildman–Crippen MR) is 77.1 cm³/mol. The Hall–Kier alpha value is -0.400. The SMILES string of the molecule is C=Cc1ccccc1CCl.CCCC.S. The monoisotopic (exact) mass is 244 g/mol. The molecule has 0 amide bonds. The van der Waals surface area contributed by atoms with Gasteiger partial charge in [-0.3, -0.25) is 0 Å². The van der Waals surface area contributed by atoms with Gasteiger partial charge in [0.1, 0.15) is 0 Å². The summed E-state index contributed by atoms with van der Waals surface area (Å²) in [6.45, 7) is 8.04. The second kappa shape index (κ2) is 11.7. The highest BCUT2D eigenvalue weighted by Crippen LogP contribution is 2.11. The van der Waals surface area contributed by atoms with Crippen LogP contribution in [0.2, 0.25) is 0 Å². The first-order valence-electron chi connectivity index (χ1n) is 5.06. The van der Waals surface area contributed by atoms with E-state index >= 15 is 0 Å². The van der Waals surface area contributed by atoms with E-state index in [1.807, 2.05) is 30.3 Å². The van der Waals surface area contributed by atoms with E-state index in [1.54, 1.807) is 0 Å². The standard InChI is InChI=1S/C9H9Cl.C4H10.H2S/c1-2-8-5-3-4-6-9(8)7-10;1-3-4-2;/h2-6H,1,7H2;3-4H2,1-2H3;1H2. The van der Waals surface area contributed by atoms with Gasteiger partial charge in [0.05, 0.1) is 0 Å². The Morgan fingerprint density at radius 2 is 1.73 bits per heavy atom. The molecule has 0 fully saturated rings. The maximum absolute atomic E-state index is 5.66. The van der Waals surface area contributed by atoms with E-state index in [-0.39, 0.29) is 13.5 Å². The first-order chi connectivity index (χ1) is 6.79. The van der Waals surface area contributed by atoms with Crippen molar-refractivity contribution in [3.8, 4) is 0 Å². The van der Waals surface area contributed by atoms with Gasteiger partial charge in [0.15, 0.2) is 0 Å². The van der Waals surface area contributed by atoms with Crippen LogP contribution in [0.15, 0.2) is 30.8 Å². The number of unbranched alkanes of at least 4 members (excludes halogenated alkanes) is 1. The number of hydrogen-bond donors (Lipinski definition) is 0. The molecule has 0 N–H and O–H groups in total. The lowest BCUT2D eigenvalue weighted by molar-refractivity contribution is 0.886. The molecule has 0 unspecified atom stereocenters. The Bertz CT molecular complexity index is 256. The summed E-state index contributed by atoms with van der Waals surface area (Å²) in [7, 11) is 0. The Balaban J connectivity index is 0.